The summed E-state index contributed by atoms with van der Waals surface area (Å²) in [6.45, 7) is 4.13. The van der Waals surface area contributed by atoms with Crippen LogP contribution in [0, 0.1) is 17.7 Å². The van der Waals surface area contributed by atoms with Gasteiger partial charge in [0.15, 0.2) is 0 Å². The highest BCUT2D eigenvalue weighted by atomic mass is 19.1. The Morgan fingerprint density at radius 2 is 1.75 bits per heavy atom. The molecule has 4 rings (SSSR count). The summed E-state index contributed by atoms with van der Waals surface area (Å²) < 4.78 is 13.8. The van der Waals surface area contributed by atoms with Gasteiger partial charge in [-0.2, -0.15) is 0 Å². The number of piperazine rings is 1. The van der Waals surface area contributed by atoms with Crippen molar-refractivity contribution in [3.63, 3.8) is 0 Å². The van der Waals surface area contributed by atoms with Gasteiger partial charge in [0, 0.05) is 32.2 Å². The number of rotatable bonds is 2. The van der Waals surface area contributed by atoms with Crippen LogP contribution in [0.4, 0.5) is 10.1 Å². The standard InChI is InChI=1S/C17H23FN2/c18-15-3-1-2-4-16(15)19-7-9-20(10-8-19)17-12-13-5-6-14(17)11-13/h1-4,13-14,17H,5-12H2/t13-,14-,17-/m0/s1. The van der Waals surface area contributed by atoms with Gasteiger partial charge in [-0.15, -0.1) is 0 Å². The summed E-state index contributed by atoms with van der Waals surface area (Å²) >= 11 is 0. The monoisotopic (exact) mass is 274 g/mol. The molecule has 2 aliphatic carbocycles. The molecule has 3 aliphatic rings. The summed E-state index contributed by atoms with van der Waals surface area (Å²) in [7, 11) is 0. The molecule has 1 aliphatic heterocycles. The molecule has 1 aromatic carbocycles. The molecule has 0 amide bonds. The number of para-hydroxylation sites is 1. The molecule has 2 nitrogen and oxygen atoms in total. The third kappa shape index (κ3) is 2.12. The van der Waals surface area contributed by atoms with Gasteiger partial charge >= 0.3 is 0 Å². The maximum atomic E-state index is 13.8. The topological polar surface area (TPSA) is 6.48 Å². The molecule has 3 atom stereocenters. The molecule has 1 heterocycles. The first kappa shape index (κ1) is 12.6. The number of fused-ring (bicyclic) bond motifs is 2. The highest BCUT2D eigenvalue weighted by molar-refractivity contribution is 5.48. The predicted molar refractivity (Wildman–Crippen MR) is 79.4 cm³/mol. The van der Waals surface area contributed by atoms with E-state index in [2.05, 4.69) is 9.80 Å². The maximum Gasteiger partial charge on any atom is 0.146 e. The molecule has 108 valence electrons. The van der Waals surface area contributed by atoms with Crippen LogP contribution in [0.5, 0.6) is 0 Å². The van der Waals surface area contributed by atoms with Crippen LogP contribution in [0.3, 0.4) is 0 Å². The van der Waals surface area contributed by atoms with Crippen molar-refractivity contribution in [3.05, 3.63) is 30.1 Å². The van der Waals surface area contributed by atoms with Crippen molar-refractivity contribution >= 4 is 5.69 Å². The molecule has 0 aromatic heterocycles. The number of anilines is 1. The van der Waals surface area contributed by atoms with Crippen LogP contribution in [0.2, 0.25) is 0 Å². The van der Waals surface area contributed by atoms with E-state index in [1.165, 1.54) is 25.7 Å². The molecule has 0 radical (unpaired) electrons. The molecule has 1 saturated heterocycles. The lowest BCUT2D eigenvalue weighted by Gasteiger charge is -2.41. The van der Waals surface area contributed by atoms with Gasteiger partial charge in [-0.05, 0) is 43.2 Å². The second kappa shape index (κ2) is 5.03. The molecule has 0 spiro atoms. The van der Waals surface area contributed by atoms with Gasteiger partial charge in [-0.3, -0.25) is 4.90 Å². The Bertz CT molecular complexity index is 482. The summed E-state index contributed by atoms with van der Waals surface area (Å²) in [5.41, 5.74) is 0.778. The largest absolute Gasteiger partial charge is 0.367 e. The van der Waals surface area contributed by atoms with Crippen molar-refractivity contribution < 1.29 is 4.39 Å². The van der Waals surface area contributed by atoms with Gasteiger partial charge in [-0.1, -0.05) is 18.6 Å². The fourth-order valence-electron chi connectivity index (χ4n) is 4.66. The molecule has 20 heavy (non-hydrogen) atoms. The van der Waals surface area contributed by atoms with Gasteiger partial charge in [0.1, 0.15) is 5.82 Å². The predicted octanol–water partition coefficient (Wildman–Crippen LogP) is 3.14. The van der Waals surface area contributed by atoms with E-state index in [1.807, 2.05) is 12.1 Å². The highest BCUT2D eigenvalue weighted by Crippen LogP contribution is 2.46. The zero-order valence-electron chi connectivity index (χ0n) is 12.0. The van der Waals surface area contributed by atoms with Crippen molar-refractivity contribution in [2.24, 2.45) is 11.8 Å². The SMILES string of the molecule is Fc1ccccc1N1CCN([C@H]2C[C@H]3CC[C@H]2C3)CC1. The van der Waals surface area contributed by atoms with Gasteiger partial charge < -0.3 is 4.90 Å². The van der Waals surface area contributed by atoms with Crippen LogP contribution in [0.15, 0.2) is 24.3 Å². The smallest absolute Gasteiger partial charge is 0.146 e. The number of nitrogens with zero attached hydrogens (tertiary/aromatic N) is 2. The molecule has 2 bridgehead atoms. The Labute approximate surface area is 120 Å². The average Bonchev–Trinajstić information content (AvgIpc) is 3.11. The summed E-state index contributed by atoms with van der Waals surface area (Å²) in [5.74, 6) is 1.88. The van der Waals surface area contributed by atoms with E-state index < -0.39 is 0 Å². The van der Waals surface area contributed by atoms with Crippen LogP contribution in [0.25, 0.3) is 0 Å². The molecule has 0 unspecified atom stereocenters. The molecule has 3 heteroatoms. The van der Waals surface area contributed by atoms with Crippen LogP contribution in [-0.4, -0.2) is 37.1 Å². The van der Waals surface area contributed by atoms with Gasteiger partial charge in [0.2, 0.25) is 0 Å². The van der Waals surface area contributed by atoms with E-state index >= 15 is 0 Å². The minimum atomic E-state index is -0.0825. The maximum absolute atomic E-state index is 13.8. The Morgan fingerprint density at radius 1 is 0.950 bits per heavy atom. The first-order valence-corrected chi connectivity index (χ1v) is 8.05. The lowest BCUT2D eigenvalue weighted by Crippen LogP contribution is -2.52. The Morgan fingerprint density at radius 3 is 2.40 bits per heavy atom. The minimum Gasteiger partial charge on any atom is -0.367 e. The van der Waals surface area contributed by atoms with E-state index in [4.69, 9.17) is 0 Å². The van der Waals surface area contributed by atoms with Crippen molar-refractivity contribution in [2.45, 2.75) is 31.7 Å². The van der Waals surface area contributed by atoms with Crippen LogP contribution in [0.1, 0.15) is 25.7 Å². The fraction of sp³-hybridized carbons (Fsp3) is 0.647. The van der Waals surface area contributed by atoms with E-state index in [-0.39, 0.29) is 5.82 Å². The minimum absolute atomic E-state index is 0.0825. The quantitative estimate of drug-likeness (QED) is 0.817. The van der Waals surface area contributed by atoms with E-state index in [0.717, 1.165) is 49.7 Å². The van der Waals surface area contributed by atoms with Crippen molar-refractivity contribution in [2.75, 3.05) is 31.1 Å². The van der Waals surface area contributed by atoms with Gasteiger partial charge in [-0.25, -0.2) is 4.39 Å². The lowest BCUT2D eigenvalue weighted by atomic mass is 9.93. The Kier molecular flexibility index (Phi) is 3.18. The lowest BCUT2D eigenvalue weighted by molar-refractivity contribution is 0.134. The first-order chi connectivity index (χ1) is 9.81. The molecular weight excluding hydrogens is 251 g/mol. The molecule has 0 N–H and O–H groups in total. The number of hydrogen-bond donors (Lipinski definition) is 0. The van der Waals surface area contributed by atoms with Crippen LogP contribution >= 0.6 is 0 Å². The summed E-state index contributed by atoms with van der Waals surface area (Å²) in [6, 6.07) is 8.00. The average molecular weight is 274 g/mol. The van der Waals surface area contributed by atoms with Crippen molar-refractivity contribution in [1.29, 1.82) is 0 Å². The second-order valence-corrected chi connectivity index (χ2v) is 6.72. The Balaban J connectivity index is 1.40. The first-order valence-electron chi connectivity index (χ1n) is 8.05. The highest BCUT2D eigenvalue weighted by Gasteiger charge is 2.42. The fourth-order valence-corrected chi connectivity index (χ4v) is 4.66. The normalized spacial score (nSPS) is 33.9. The zero-order valence-corrected chi connectivity index (χ0v) is 12.0. The number of benzene rings is 1. The van der Waals surface area contributed by atoms with Gasteiger partial charge in [0.25, 0.3) is 0 Å². The van der Waals surface area contributed by atoms with Crippen LogP contribution in [-0.2, 0) is 0 Å². The third-order valence-corrected chi connectivity index (χ3v) is 5.68. The molecular formula is C17H23FN2. The third-order valence-electron chi connectivity index (χ3n) is 5.68. The summed E-state index contributed by atoms with van der Waals surface area (Å²) in [4.78, 5) is 4.89. The van der Waals surface area contributed by atoms with Crippen LogP contribution < -0.4 is 4.90 Å². The van der Waals surface area contributed by atoms with Crippen molar-refractivity contribution in [1.82, 2.24) is 4.90 Å². The molecule has 3 fully saturated rings. The zero-order chi connectivity index (χ0) is 13.5. The van der Waals surface area contributed by atoms with E-state index in [0.29, 0.717) is 0 Å². The summed E-state index contributed by atoms with van der Waals surface area (Å²) in [6.07, 6.45) is 5.81. The summed E-state index contributed by atoms with van der Waals surface area (Å²) in [5, 5.41) is 0. The number of hydrogen-bond acceptors (Lipinski definition) is 2. The second-order valence-electron chi connectivity index (χ2n) is 6.72. The Hall–Kier alpha value is -1.09. The van der Waals surface area contributed by atoms with E-state index in [1.54, 1.807) is 12.1 Å². The molecule has 2 saturated carbocycles. The van der Waals surface area contributed by atoms with Crippen molar-refractivity contribution in [3.8, 4) is 0 Å². The van der Waals surface area contributed by atoms with E-state index in [9.17, 15) is 4.39 Å². The van der Waals surface area contributed by atoms with Gasteiger partial charge in [0.05, 0.1) is 5.69 Å². The molecule has 1 aromatic rings. The number of halogens is 1.